The molecule has 0 saturated carbocycles. The first-order valence-corrected chi connectivity index (χ1v) is 5.50. The van der Waals surface area contributed by atoms with Crippen molar-refractivity contribution in [1.29, 1.82) is 0 Å². The molecule has 0 saturated heterocycles. The van der Waals surface area contributed by atoms with Gasteiger partial charge in [-0.2, -0.15) is 13.2 Å². The Kier molecular flexibility index (Phi) is 4.26. The molecule has 0 aliphatic heterocycles. The van der Waals surface area contributed by atoms with Gasteiger partial charge in [-0.05, 0) is 37.1 Å². The van der Waals surface area contributed by atoms with E-state index in [1.54, 1.807) is 18.2 Å². The lowest BCUT2D eigenvalue weighted by molar-refractivity contribution is -0.119. The summed E-state index contributed by atoms with van der Waals surface area (Å²) in [5.41, 5.74) is 7.53. The number of halogens is 3. The molecule has 0 heterocycles. The smallest absolute Gasteiger partial charge is 0.399 e. The van der Waals surface area contributed by atoms with Gasteiger partial charge in [0.15, 0.2) is 0 Å². The predicted octanol–water partition coefficient (Wildman–Crippen LogP) is 3.36. The van der Waals surface area contributed by atoms with Crippen LogP contribution in [-0.4, -0.2) is 19.3 Å². The number of nitrogens with two attached hydrogens (primary N) is 1. The molecule has 0 radical (unpaired) electrons. The van der Waals surface area contributed by atoms with Gasteiger partial charge in [-0.15, -0.1) is 0 Å². The summed E-state index contributed by atoms with van der Waals surface area (Å²) in [4.78, 5) is 1.31. The maximum absolute atomic E-state index is 12.4. The van der Waals surface area contributed by atoms with Crippen LogP contribution >= 0.6 is 0 Å². The summed E-state index contributed by atoms with van der Waals surface area (Å²) in [6, 6.07) is 5.04. The lowest BCUT2D eigenvalue weighted by Crippen LogP contribution is -2.34. The van der Waals surface area contributed by atoms with Crippen molar-refractivity contribution < 1.29 is 13.2 Å². The summed E-state index contributed by atoms with van der Waals surface area (Å²) in [5, 5.41) is 0. The summed E-state index contributed by atoms with van der Waals surface area (Å²) >= 11 is 0. The number of benzene rings is 1. The third-order valence-electron chi connectivity index (χ3n) is 2.31. The van der Waals surface area contributed by atoms with Crippen molar-refractivity contribution in [2.24, 2.45) is 0 Å². The van der Waals surface area contributed by atoms with Crippen molar-refractivity contribution in [3.63, 3.8) is 0 Å². The molecular weight excluding hydrogens is 229 g/mol. The number of anilines is 2. The summed E-state index contributed by atoms with van der Waals surface area (Å²) in [7, 11) is 0. The van der Waals surface area contributed by atoms with Gasteiger partial charge < -0.3 is 10.6 Å². The van der Waals surface area contributed by atoms with Gasteiger partial charge in [-0.1, -0.05) is 6.92 Å². The molecule has 0 spiro atoms. The van der Waals surface area contributed by atoms with Crippen LogP contribution in [0.2, 0.25) is 0 Å². The van der Waals surface area contributed by atoms with Crippen LogP contribution in [0.25, 0.3) is 0 Å². The van der Waals surface area contributed by atoms with E-state index in [2.05, 4.69) is 0 Å². The van der Waals surface area contributed by atoms with E-state index in [4.69, 9.17) is 5.73 Å². The Morgan fingerprint density at radius 1 is 1.24 bits per heavy atom. The molecule has 1 aromatic carbocycles. The second kappa shape index (κ2) is 5.29. The predicted molar refractivity (Wildman–Crippen MR) is 64.2 cm³/mol. The Hall–Kier alpha value is -1.39. The van der Waals surface area contributed by atoms with Crippen LogP contribution in [0.3, 0.4) is 0 Å². The third kappa shape index (κ3) is 4.54. The monoisotopic (exact) mass is 246 g/mol. The van der Waals surface area contributed by atoms with Crippen LogP contribution in [0.4, 0.5) is 24.5 Å². The zero-order chi connectivity index (χ0) is 13.1. The lowest BCUT2D eigenvalue weighted by Gasteiger charge is -2.26. The van der Waals surface area contributed by atoms with Crippen LogP contribution < -0.4 is 10.6 Å². The number of nitrogen functional groups attached to an aromatic ring is 1. The van der Waals surface area contributed by atoms with Crippen LogP contribution in [0.15, 0.2) is 18.2 Å². The zero-order valence-electron chi connectivity index (χ0n) is 10.0. The van der Waals surface area contributed by atoms with Gasteiger partial charge in [-0.25, -0.2) is 0 Å². The van der Waals surface area contributed by atoms with E-state index in [9.17, 15) is 13.2 Å². The lowest BCUT2D eigenvalue weighted by atomic mass is 10.1. The fourth-order valence-corrected chi connectivity index (χ4v) is 1.76. The van der Waals surface area contributed by atoms with Crippen molar-refractivity contribution in [3.8, 4) is 0 Å². The van der Waals surface area contributed by atoms with Crippen molar-refractivity contribution in [3.05, 3.63) is 23.8 Å². The standard InChI is InChI=1S/C12H17F3N2/c1-3-4-17(8-12(13,14)15)11-6-9(2)5-10(16)7-11/h5-7H,3-4,8,16H2,1-2H3. The Morgan fingerprint density at radius 2 is 1.88 bits per heavy atom. The quantitative estimate of drug-likeness (QED) is 0.825. The molecule has 17 heavy (non-hydrogen) atoms. The zero-order valence-corrected chi connectivity index (χ0v) is 10.0. The second-order valence-electron chi connectivity index (χ2n) is 4.14. The highest BCUT2D eigenvalue weighted by Gasteiger charge is 2.30. The number of hydrogen-bond acceptors (Lipinski definition) is 2. The van der Waals surface area contributed by atoms with Gasteiger partial charge in [0.2, 0.25) is 0 Å². The van der Waals surface area contributed by atoms with E-state index in [-0.39, 0.29) is 0 Å². The van der Waals surface area contributed by atoms with E-state index >= 15 is 0 Å². The SMILES string of the molecule is CCCN(CC(F)(F)F)c1cc(C)cc(N)c1. The highest BCUT2D eigenvalue weighted by Crippen LogP contribution is 2.25. The van der Waals surface area contributed by atoms with E-state index in [0.29, 0.717) is 24.3 Å². The van der Waals surface area contributed by atoms with Gasteiger partial charge in [-0.3, -0.25) is 0 Å². The summed E-state index contributed by atoms with van der Waals surface area (Å²) in [6.07, 6.45) is -3.54. The minimum absolute atomic E-state index is 0.363. The summed E-state index contributed by atoms with van der Waals surface area (Å²) in [6.45, 7) is 3.09. The van der Waals surface area contributed by atoms with Gasteiger partial charge in [0.05, 0.1) is 0 Å². The van der Waals surface area contributed by atoms with Crippen LogP contribution in [0, 0.1) is 6.92 Å². The molecule has 0 atom stereocenters. The molecule has 0 aliphatic carbocycles. The summed E-state index contributed by atoms with van der Waals surface area (Å²) < 4.78 is 37.3. The van der Waals surface area contributed by atoms with Crippen LogP contribution in [-0.2, 0) is 0 Å². The first-order valence-electron chi connectivity index (χ1n) is 5.50. The van der Waals surface area contributed by atoms with Crippen LogP contribution in [0.5, 0.6) is 0 Å². The minimum Gasteiger partial charge on any atom is -0.399 e. The average Bonchev–Trinajstić information content (AvgIpc) is 2.13. The minimum atomic E-state index is -4.20. The molecule has 0 aromatic heterocycles. The molecule has 1 aromatic rings. The molecule has 2 N–H and O–H groups in total. The number of alkyl halides is 3. The first kappa shape index (κ1) is 13.7. The largest absolute Gasteiger partial charge is 0.405 e. The van der Waals surface area contributed by atoms with Crippen molar-refractivity contribution >= 4 is 11.4 Å². The third-order valence-corrected chi connectivity index (χ3v) is 2.31. The van der Waals surface area contributed by atoms with E-state index in [1.807, 2.05) is 13.8 Å². The molecule has 0 aliphatic rings. The molecule has 0 bridgehead atoms. The van der Waals surface area contributed by atoms with E-state index in [0.717, 1.165) is 5.56 Å². The van der Waals surface area contributed by atoms with Gasteiger partial charge in [0, 0.05) is 17.9 Å². The molecule has 2 nitrogen and oxygen atoms in total. The molecule has 96 valence electrons. The Bertz CT molecular complexity index is 354. The van der Waals surface area contributed by atoms with Gasteiger partial charge in [0.1, 0.15) is 6.54 Å². The van der Waals surface area contributed by atoms with Crippen molar-refractivity contribution in [1.82, 2.24) is 0 Å². The number of rotatable bonds is 4. The molecule has 0 unspecified atom stereocenters. The molecule has 0 amide bonds. The highest BCUT2D eigenvalue weighted by molar-refractivity contribution is 5.58. The highest BCUT2D eigenvalue weighted by atomic mass is 19.4. The molecular formula is C12H17F3N2. The maximum Gasteiger partial charge on any atom is 0.405 e. The van der Waals surface area contributed by atoms with E-state index in [1.165, 1.54) is 4.90 Å². The van der Waals surface area contributed by atoms with Crippen molar-refractivity contribution in [2.75, 3.05) is 23.7 Å². The molecule has 1 rings (SSSR count). The van der Waals surface area contributed by atoms with Gasteiger partial charge in [0.25, 0.3) is 0 Å². The Balaban J connectivity index is 2.96. The fourth-order valence-electron chi connectivity index (χ4n) is 1.76. The Morgan fingerprint density at radius 3 is 2.35 bits per heavy atom. The fraction of sp³-hybridized carbons (Fsp3) is 0.500. The average molecular weight is 246 g/mol. The summed E-state index contributed by atoms with van der Waals surface area (Å²) in [5.74, 6) is 0. The topological polar surface area (TPSA) is 29.3 Å². The van der Waals surface area contributed by atoms with Crippen molar-refractivity contribution in [2.45, 2.75) is 26.4 Å². The van der Waals surface area contributed by atoms with Crippen LogP contribution in [0.1, 0.15) is 18.9 Å². The number of aryl methyl sites for hydroxylation is 1. The van der Waals surface area contributed by atoms with Gasteiger partial charge >= 0.3 is 6.18 Å². The Labute approximate surface area is 99.2 Å². The maximum atomic E-state index is 12.4. The normalized spacial score (nSPS) is 11.6. The van der Waals surface area contributed by atoms with E-state index < -0.39 is 12.7 Å². The second-order valence-corrected chi connectivity index (χ2v) is 4.14. The molecule has 0 fully saturated rings. The molecule has 5 heteroatoms. The number of hydrogen-bond donors (Lipinski definition) is 1. The number of nitrogens with zero attached hydrogens (tertiary/aromatic N) is 1. The first-order chi connectivity index (χ1) is 7.81.